The van der Waals surface area contributed by atoms with Gasteiger partial charge in [0, 0.05) is 21.6 Å². The summed E-state index contributed by atoms with van der Waals surface area (Å²) in [6.07, 6.45) is 1.45. The molecule has 0 fully saturated rings. The van der Waals surface area contributed by atoms with Crippen LogP contribution in [0.2, 0.25) is 0 Å². The molecule has 0 amide bonds. The van der Waals surface area contributed by atoms with E-state index in [0.29, 0.717) is 19.4 Å². The molecule has 0 radical (unpaired) electrons. The molecule has 114 valence electrons. The zero-order chi connectivity index (χ0) is 16.1. The summed E-state index contributed by atoms with van der Waals surface area (Å²) >= 11 is 3.26. The molecule has 0 saturated heterocycles. The van der Waals surface area contributed by atoms with Gasteiger partial charge in [0.05, 0.1) is 4.90 Å². The summed E-state index contributed by atoms with van der Waals surface area (Å²) in [4.78, 5) is 4.15. The van der Waals surface area contributed by atoms with E-state index in [1.807, 2.05) is 0 Å². The average Bonchev–Trinajstić information content (AvgIpc) is 2.72. The van der Waals surface area contributed by atoms with Gasteiger partial charge >= 0.3 is 0 Å². The maximum absolute atomic E-state index is 14.6. The summed E-state index contributed by atoms with van der Waals surface area (Å²) in [7, 11) is -4.06. The Hall–Kier alpha value is -1.73. The van der Waals surface area contributed by atoms with Crippen LogP contribution in [0.1, 0.15) is 11.1 Å². The van der Waals surface area contributed by atoms with E-state index in [4.69, 9.17) is 0 Å². The van der Waals surface area contributed by atoms with Gasteiger partial charge in [0.25, 0.3) is 10.0 Å². The second-order valence-corrected chi connectivity index (χ2v) is 7.65. The van der Waals surface area contributed by atoms with Gasteiger partial charge in [0.2, 0.25) is 5.95 Å². The van der Waals surface area contributed by atoms with Crippen LogP contribution >= 0.6 is 15.9 Å². The summed E-state index contributed by atoms with van der Waals surface area (Å²) in [5.41, 5.74) is 0.890. The second-order valence-electron chi connectivity index (χ2n) is 4.98. The first-order valence-electron chi connectivity index (χ1n) is 6.47. The molecule has 2 aromatic heterocycles. The monoisotopic (exact) mass is 382 g/mol. The molecule has 0 saturated carbocycles. The zero-order valence-corrected chi connectivity index (χ0v) is 14.2. The lowest BCUT2D eigenvalue weighted by Gasteiger charge is -2.10. The maximum Gasteiger partial charge on any atom is 0.271 e. The second kappa shape index (κ2) is 5.17. The molecule has 0 aliphatic carbocycles. The number of rotatable bonds is 2. The van der Waals surface area contributed by atoms with Crippen LogP contribution in [-0.2, 0) is 10.0 Å². The third-order valence-electron chi connectivity index (χ3n) is 3.53. The molecule has 22 heavy (non-hydrogen) atoms. The molecule has 0 aliphatic heterocycles. The topological polar surface area (TPSA) is 52.0 Å². The highest BCUT2D eigenvalue weighted by molar-refractivity contribution is 9.10. The minimum absolute atomic E-state index is 0.0653. The van der Waals surface area contributed by atoms with E-state index < -0.39 is 16.0 Å². The standard InChI is InChI=1S/C15H12BrFN2O2S/c1-9-5-3-4-6-13(9)22(20,21)19-14(17)10(2)12-7-11(16)8-18-15(12)19/h3-8H,1-2H3. The first-order chi connectivity index (χ1) is 10.3. The van der Waals surface area contributed by atoms with Crippen LogP contribution in [0.3, 0.4) is 0 Å². The fourth-order valence-electron chi connectivity index (χ4n) is 2.39. The summed E-state index contributed by atoms with van der Waals surface area (Å²) < 4.78 is 41.6. The van der Waals surface area contributed by atoms with Crippen molar-refractivity contribution in [1.82, 2.24) is 8.96 Å². The summed E-state index contributed by atoms with van der Waals surface area (Å²) in [5, 5.41) is 0.462. The van der Waals surface area contributed by atoms with Crippen molar-refractivity contribution in [2.45, 2.75) is 18.7 Å². The van der Waals surface area contributed by atoms with Crippen molar-refractivity contribution < 1.29 is 12.8 Å². The number of halogens is 2. The Labute approximate surface area is 135 Å². The molecule has 3 rings (SSSR count). The summed E-state index contributed by atoms with van der Waals surface area (Å²) in [6, 6.07) is 8.14. The number of aryl methyl sites for hydroxylation is 2. The quantitative estimate of drug-likeness (QED) is 0.677. The number of hydrogen-bond donors (Lipinski definition) is 0. The number of nitrogens with zero attached hydrogens (tertiary/aromatic N) is 2. The van der Waals surface area contributed by atoms with Crippen molar-refractivity contribution in [3.63, 3.8) is 0 Å². The van der Waals surface area contributed by atoms with Crippen LogP contribution in [0, 0.1) is 19.8 Å². The molecule has 3 aromatic rings. The van der Waals surface area contributed by atoms with Crippen molar-refractivity contribution in [1.29, 1.82) is 0 Å². The van der Waals surface area contributed by atoms with Gasteiger partial charge < -0.3 is 0 Å². The molecule has 0 spiro atoms. The molecule has 0 aliphatic rings. The molecule has 7 heteroatoms. The van der Waals surface area contributed by atoms with Crippen molar-refractivity contribution in [2.24, 2.45) is 0 Å². The van der Waals surface area contributed by atoms with Gasteiger partial charge in [-0.05, 0) is 47.5 Å². The highest BCUT2D eigenvalue weighted by atomic mass is 79.9. The van der Waals surface area contributed by atoms with Gasteiger partial charge in [-0.2, -0.15) is 8.36 Å². The summed E-state index contributed by atoms with van der Waals surface area (Å²) in [6.45, 7) is 3.21. The summed E-state index contributed by atoms with van der Waals surface area (Å²) in [5.74, 6) is -0.816. The van der Waals surface area contributed by atoms with E-state index in [1.54, 1.807) is 31.2 Å². The fourth-order valence-corrected chi connectivity index (χ4v) is 4.36. The predicted octanol–water partition coefficient (Wildman–Crippen LogP) is 3.79. The van der Waals surface area contributed by atoms with Crippen LogP contribution in [0.15, 0.2) is 45.9 Å². The first-order valence-corrected chi connectivity index (χ1v) is 8.70. The van der Waals surface area contributed by atoms with E-state index in [-0.39, 0.29) is 16.1 Å². The van der Waals surface area contributed by atoms with Crippen LogP contribution in [0.4, 0.5) is 4.39 Å². The Bertz CT molecular complexity index is 996. The van der Waals surface area contributed by atoms with E-state index >= 15 is 0 Å². The number of fused-ring (bicyclic) bond motifs is 1. The van der Waals surface area contributed by atoms with Crippen molar-refractivity contribution in [3.05, 3.63) is 58.1 Å². The molecule has 0 bridgehead atoms. The maximum atomic E-state index is 14.6. The lowest BCUT2D eigenvalue weighted by molar-refractivity contribution is 0.540. The van der Waals surface area contributed by atoms with Gasteiger partial charge in [-0.1, -0.05) is 18.2 Å². The molecule has 4 nitrogen and oxygen atoms in total. The van der Waals surface area contributed by atoms with Gasteiger partial charge in [-0.3, -0.25) is 0 Å². The Morgan fingerprint density at radius 2 is 1.91 bits per heavy atom. The minimum Gasteiger partial charge on any atom is -0.236 e. The van der Waals surface area contributed by atoms with Crippen LogP contribution < -0.4 is 0 Å². The highest BCUT2D eigenvalue weighted by Crippen LogP contribution is 2.30. The Morgan fingerprint density at radius 1 is 1.23 bits per heavy atom. The zero-order valence-electron chi connectivity index (χ0n) is 11.8. The number of pyridine rings is 1. The van der Waals surface area contributed by atoms with Crippen molar-refractivity contribution in [2.75, 3.05) is 0 Å². The van der Waals surface area contributed by atoms with E-state index in [1.165, 1.54) is 19.2 Å². The Kier molecular flexibility index (Phi) is 3.57. The van der Waals surface area contributed by atoms with Crippen molar-refractivity contribution >= 4 is 37.0 Å². The van der Waals surface area contributed by atoms with Gasteiger partial charge in [0.1, 0.15) is 0 Å². The lowest BCUT2D eigenvalue weighted by Crippen LogP contribution is -2.16. The molecule has 0 N–H and O–H groups in total. The third-order valence-corrected chi connectivity index (χ3v) is 5.79. The largest absolute Gasteiger partial charge is 0.271 e. The van der Waals surface area contributed by atoms with E-state index in [0.717, 1.165) is 0 Å². The van der Waals surface area contributed by atoms with Crippen LogP contribution in [0.25, 0.3) is 11.0 Å². The highest BCUT2D eigenvalue weighted by Gasteiger charge is 2.27. The first kappa shape index (κ1) is 15.2. The fraction of sp³-hybridized carbons (Fsp3) is 0.133. The Balaban J connectivity index is 2.40. The normalized spacial score (nSPS) is 12.0. The van der Waals surface area contributed by atoms with Crippen molar-refractivity contribution in [3.8, 4) is 0 Å². The smallest absolute Gasteiger partial charge is 0.236 e. The predicted molar refractivity (Wildman–Crippen MR) is 85.9 cm³/mol. The van der Waals surface area contributed by atoms with Crippen LogP contribution in [-0.4, -0.2) is 17.4 Å². The van der Waals surface area contributed by atoms with Gasteiger partial charge in [-0.15, -0.1) is 0 Å². The molecular weight excluding hydrogens is 371 g/mol. The average molecular weight is 383 g/mol. The molecule has 2 heterocycles. The number of hydrogen-bond acceptors (Lipinski definition) is 3. The number of benzene rings is 1. The van der Waals surface area contributed by atoms with E-state index in [2.05, 4.69) is 20.9 Å². The molecule has 0 atom stereocenters. The molecule has 0 unspecified atom stereocenters. The van der Waals surface area contributed by atoms with Crippen LogP contribution in [0.5, 0.6) is 0 Å². The molecular formula is C15H12BrFN2O2S. The van der Waals surface area contributed by atoms with E-state index in [9.17, 15) is 12.8 Å². The Morgan fingerprint density at radius 3 is 2.59 bits per heavy atom. The SMILES string of the molecule is Cc1ccccc1S(=O)(=O)n1c(F)c(C)c2cc(Br)cnc21. The lowest BCUT2D eigenvalue weighted by atomic mass is 10.2. The molecule has 1 aromatic carbocycles. The third kappa shape index (κ3) is 2.16. The minimum atomic E-state index is -4.06. The van der Waals surface area contributed by atoms with Gasteiger partial charge in [0.15, 0.2) is 5.65 Å². The van der Waals surface area contributed by atoms with Gasteiger partial charge in [-0.25, -0.2) is 13.4 Å². The number of aromatic nitrogens is 2.